The second-order valence-electron chi connectivity index (χ2n) is 5.41. The highest BCUT2D eigenvalue weighted by Gasteiger charge is 2.67. The standard InChI is InChI=1S/C14H23NO8/c1-5-13(21-4)14(20,10(17)7(2)3)11(18)9(16)8(23-13)6-22-12(15)19/h8-9,11,16,18,20H,2,5-6H2,1,3-4H3,(H2,15,19)/t8-,9-,11+,13-,14-/m1/s1. The normalized spacial score (nSPS) is 37.2. The van der Waals surface area contributed by atoms with Crippen molar-refractivity contribution in [1.29, 1.82) is 0 Å². The Morgan fingerprint density at radius 2 is 1.96 bits per heavy atom. The van der Waals surface area contributed by atoms with Gasteiger partial charge in [0.15, 0.2) is 5.78 Å². The Bertz CT molecular complexity index is 489. The maximum absolute atomic E-state index is 12.4. The second kappa shape index (κ2) is 6.93. The van der Waals surface area contributed by atoms with Crippen molar-refractivity contribution in [3.8, 4) is 0 Å². The first-order chi connectivity index (χ1) is 10.6. The summed E-state index contributed by atoms with van der Waals surface area (Å²) in [5.74, 6) is -2.89. The molecule has 1 rings (SSSR count). The third kappa shape index (κ3) is 3.10. The van der Waals surface area contributed by atoms with Crippen LogP contribution in [-0.2, 0) is 19.0 Å². The molecule has 5 N–H and O–H groups in total. The smallest absolute Gasteiger partial charge is 0.404 e. The molecule has 1 fully saturated rings. The van der Waals surface area contributed by atoms with Gasteiger partial charge >= 0.3 is 6.09 Å². The number of ether oxygens (including phenoxy) is 3. The lowest BCUT2D eigenvalue weighted by Gasteiger charge is -2.53. The maximum Gasteiger partial charge on any atom is 0.404 e. The zero-order valence-electron chi connectivity index (χ0n) is 13.3. The summed E-state index contributed by atoms with van der Waals surface area (Å²) >= 11 is 0. The van der Waals surface area contributed by atoms with Crippen LogP contribution in [-0.4, -0.2) is 70.6 Å². The number of carbonyl (C=O) groups excluding carboxylic acids is 2. The molecule has 0 bridgehead atoms. The van der Waals surface area contributed by atoms with Crippen LogP contribution in [0.4, 0.5) is 4.79 Å². The van der Waals surface area contributed by atoms with Gasteiger partial charge in [0.2, 0.25) is 11.4 Å². The quantitative estimate of drug-likeness (QED) is 0.444. The molecule has 1 aliphatic rings. The minimum Gasteiger partial charge on any atom is -0.447 e. The number of aliphatic hydroxyl groups is 3. The Morgan fingerprint density at radius 3 is 2.35 bits per heavy atom. The number of carbonyl (C=O) groups is 2. The number of amides is 1. The fraction of sp³-hybridized carbons (Fsp3) is 0.714. The van der Waals surface area contributed by atoms with Gasteiger partial charge in [-0.1, -0.05) is 13.5 Å². The first kappa shape index (κ1) is 19.5. The highest BCUT2D eigenvalue weighted by atomic mass is 16.7. The number of methoxy groups -OCH3 is 1. The Labute approximate surface area is 133 Å². The molecular formula is C14H23NO8. The molecule has 0 aromatic heterocycles. The Morgan fingerprint density at radius 1 is 1.39 bits per heavy atom. The molecule has 0 saturated carbocycles. The number of nitrogens with two attached hydrogens (primary N) is 1. The van der Waals surface area contributed by atoms with Crippen LogP contribution in [0.3, 0.4) is 0 Å². The lowest BCUT2D eigenvalue weighted by Crippen LogP contribution is -2.76. The summed E-state index contributed by atoms with van der Waals surface area (Å²) < 4.78 is 15.3. The molecule has 0 radical (unpaired) electrons. The van der Waals surface area contributed by atoms with Gasteiger partial charge in [-0.05, 0) is 12.5 Å². The molecule has 1 amide bonds. The van der Waals surface area contributed by atoms with Crippen molar-refractivity contribution >= 4 is 11.9 Å². The van der Waals surface area contributed by atoms with Crippen LogP contribution in [0.2, 0.25) is 0 Å². The third-order valence-corrected chi connectivity index (χ3v) is 3.97. The molecule has 9 heteroatoms. The fourth-order valence-electron chi connectivity index (χ4n) is 2.71. The molecule has 0 aromatic carbocycles. The fourth-order valence-corrected chi connectivity index (χ4v) is 2.71. The minimum absolute atomic E-state index is 0.0458. The molecule has 0 unspecified atom stereocenters. The molecule has 0 spiro atoms. The van der Waals surface area contributed by atoms with Gasteiger partial charge in [0.1, 0.15) is 24.9 Å². The number of ketones is 1. The van der Waals surface area contributed by atoms with Crippen molar-refractivity contribution in [2.45, 2.75) is 50.0 Å². The Hall–Kier alpha value is -1.52. The van der Waals surface area contributed by atoms with Crippen molar-refractivity contribution in [3.63, 3.8) is 0 Å². The van der Waals surface area contributed by atoms with Crippen LogP contribution in [0.25, 0.3) is 0 Å². The molecule has 1 heterocycles. The maximum atomic E-state index is 12.4. The number of aliphatic hydroxyl groups excluding tert-OH is 2. The van der Waals surface area contributed by atoms with E-state index >= 15 is 0 Å². The Kier molecular flexibility index (Phi) is 5.89. The van der Waals surface area contributed by atoms with E-state index in [0.717, 1.165) is 0 Å². The zero-order chi connectivity index (χ0) is 18.0. The topological polar surface area (TPSA) is 149 Å². The molecular weight excluding hydrogens is 310 g/mol. The molecule has 132 valence electrons. The highest BCUT2D eigenvalue weighted by Crippen LogP contribution is 2.43. The predicted molar refractivity (Wildman–Crippen MR) is 77.2 cm³/mol. The van der Waals surface area contributed by atoms with E-state index in [-0.39, 0.29) is 12.0 Å². The molecule has 0 aliphatic carbocycles. The summed E-state index contributed by atoms with van der Waals surface area (Å²) in [6.07, 6.45) is -6.08. The number of primary amides is 1. The largest absolute Gasteiger partial charge is 0.447 e. The van der Waals surface area contributed by atoms with Gasteiger partial charge in [-0.2, -0.15) is 0 Å². The van der Waals surface area contributed by atoms with Gasteiger partial charge in [-0.25, -0.2) is 4.79 Å². The van der Waals surface area contributed by atoms with Crippen LogP contribution in [0.5, 0.6) is 0 Å². The molecule has 5 atom stereocenters. The van der Waals surface area contributed by atoms with Crippen molar-refractivity contribution in [2.75, 3.05) is 13.7 Å². The van der Waals surface area contributed by atoms with E-state index in [9.17, 15) is 24.9 Å². The van der Waals surface area contributed by atoms with Gasteiger partial charge in [-0.15, -0.1) is 0 Å². The van der Waals surface area contributed by atoms with E-state index in [1.807, 2.05) is 0 Å². The van der Waals surface area contributed by atoms with Crippen molar-refractivity contribution < 1.29 is 39.1 Å². The van der Waals surface area contributed by atoms with Gasteiger partial charge in [0, 0.05) is 13.5 Å². The average Bonchev–Trinajstić information content (AvgIpc) is 2.51. The molecule has 0 aromatic rings. The second-order valence-corrected chi connectivity index (χ2v) is 5.41. The van der Waals surface area contributed by atoms with Crippen LogP contribution in [0, 0.1) is 0 Å². The summed E-state index contributed by atoms with van der Waals surface area (Å²) in [4.78, 5) is 23.1. The van der Waals surface area contributed by atoms with Crippen LogP contribution < -0.4 is 5.73 Å². The van der Waals surface area contributed by atoms with Gasteiger partial charge in [-0.3, -0.25) is 4.79 Å². The van der Waals surface area contributed by atoms with Crippen LogP contribution >= 0.6 is 0 Å². The first-order valence-corrected chi connectivity index (χ1v) is 7.01. The molecule has 1 aliphatic heterocycles. The number of Topliss-reactive ketones (excluding diaryl/α,β-unsaturated/α-hetero) is 1. The molecule has 23 heavy (non-hydrogen) atoms. The van der Waals surface area contributed by atoms with Crippen LogP contribution in [0.15, 0.2) is 12.2 Å². The Balaban J connectivity index is 3.30. The third-order valence-electron chi connectivity index (χ3n) is 3.97. The molecule has 9 nitrogen and oxygen atoms in total. The van der Waals surface area contributed by atoms with E-state index < -0.39 is 48.2 Å². The lowest BCUT2D eigenvalue weighted by molar-refractivity contribution is -0.382. The van der Waals surface area contributed by atoms with Crippen molar-refractivity contribution in [3.05, 3.63) is 12.2 Å². The van der Waals surface area contributed by atoms with E-state index in [2.05, 4.69) is 11.3 Å². The average molecular weight is 333 g/mol. The minimum atomic E-state index is -2.58. The summed E-state index contributed by atoms with van der Waals surface area (Å²) in [5, 5.41) is 31.3. The highest BCUT2D eigenvalue weighted by molar-refractivity contribution is 6.02. The lowest BCUT2D eigenvalue weighted by atomic mass is 9.74. The number of rotatable bonds is 6. The van der Waals surface area contributed by atoms with Crippen molar-refractivity contribution in [2.24, 2.45) is 5.73 Å². The van der Waals surface area contributed by atoms with E-state index in [1.165, 1.54) is 14.0 Å². The van der Waals surface area contributed by atoms with E-state index in [0.29, 0.717) is 0 Å². The van der Waals surface area contributed by atoms with Crippen molar-refractivity contribution in [1.82, 2.24) is 0 Å². The summed E-state index contributed by atoms with van der Waals surface area (Å²) in [6.45, 7) is 5.86. The summed E-state index contributed by atoms with van der Waals surface area (Å²) in [6, 6.07) is 0. The van der Waals surface area contributed by atoms with Gasteiger partial charge in [0.25, 0.3) is 0 Å². The van der Waals surface area contributed by atoms with Gasteiger partial charge < -0.3 is 35.3 Å². The van der Waals surface area contributed by atoms with E-state index in [4.69, 9.17) is 15.2 Å². The number of hydrogen-bond acceptors (Lipinski definition) is 8. The number of hydrogen-bond donors (Lipinski definition) is 4. The van der Waals surface area contributed by atoms with E-state index in [1.54, 1.807) is 6.92 Å². The predicted octanol–water partition coefficient (Wildman–Crippen LogP) is -1.17. The monoisotopic (exact) mass is 333 g/mol. The SMILES string of the molecule is C=C(C)C(=O)[C@@]1(O)[C@@H](O)[C@H](O)[C@@H](COC(N)=O)O[C@@]1(CC)OC. The summed E-state index contributed by atoms with van der Waals surface area (Å²) in [5.41, 5.74) is 2.23. The zero-order valence-corrected chi connectivity index (χ0v) is 13.3. The molecule has 1 saturated heterocycles. The van der Waals surface area contributed by atoms with Gasteiger partial charge in [0.05, 0.1) is 0 Å². The summed E-state index contributed by atoms with van der Waals surface area (Å²) in [7, 11) is 1.18. The first-order valence-electron chi connectivity index (χ1n) is 7.01. The van der Waals surface area contributed by atoms with Crippen LogP contribution in [0.1, 0.15) is 20.3 Å².